The van der Waals surface area contributed by atoms with E-state index in [9.17, 15) is 28.0 Å². The summed E-state index contributed by atoms with van der Waals surface area (Å²) in [4.78, 5) is 40.2. The molecule has 11 nitrogen and oxygen atoms in total. The van der Waals surface area contributed by atoms with Crippen molar-refractivity contribution in [2.75, 3.05) is 13.1 Å². The summed E-state index contributed by atoms with van der Waals surface area (Å²) in [5.41, 5.74) is 0. The van der Waals surface area contributed by atoms with Crippen molar-refractivity contribution >= 4 is 27.6 Å². The van der Waals surface area contributed by atoms with Crippen molar-refractivity contribution in [3.05, 3.63) is 53.8 Å². The Labute approximate surface area is 197 Å². The number of sulfonamides is 1. The van der Waals surface area contributed by atoms with E-state index in [1.54, 1.807) is 6.07 Å². The lowest BCUT2D eigenvalue weighted by Crippen LogP contribution is -2.53. The Bertz CT molecular complexity index is 1200. The van der Waals surface area contributed by atoms with Gasteiger partial charge in [-0.15, -0.1) is 0 Å². The van der Waals surface area contributed by atoms with Gasteiger partial charge in [0.05, 0.1) is 18.8 Å². The number of nitrogens with zero attached hydrogens (tertiary/aromatic N) is 3. The Morgan fingerprint density at radius 2 is 2.03 bits per heavy atom. The highest BCUT2D eigenvalue weighted by molar-refractivity contribution is 7.89. The number of hydrogen-bond acceptors (Lipinski definition) is 7. The number of nitrogens with one attached hydrogen (secondary N) is 1. The van der Waals surface area contributed by atoms with Crippen LogP contribution in [0.5, 0.6) is 0 Å². The number of pyridine rings is 1. The van der Waals surface area contributed by atoms with Crippen LogP contribution in [0.2, 0.25) is 0 Å². The predicted molar refractivity (Wildman–Crippen MR) is 118 cm³/mol. The molecule has 4 heterocycles. The molecule has 0 saturated carbocycles. The van der Waals surface area contributed by atoms with Crippen LogP contribution < -0.4 is 10.0 Å². The van der Waals surface area contributed by atoms with Gasteiger partial charge in [-0.2, -0.15) is 9.04 Å². The van der Waals surface area contributed by atoms with E-state index in [1.807, 2.05) is 13.8 Å². The zero-order chi connectivity index (χ0) is 24.6. The van der Waals surface area contributed by atoms with Gasteiger partial charge in [0.15, 0.2) is 17.7 Å². The molecule has 1 N–H and O–H groups in total. The van der Waals surface area contributed by atoms with Crippen LogP contribution in [-0.4, -0.2) is 66.4 Å². The molecule has 0 bridgehead atoms. The fraction of sp³-hybridized carbons (Fsp3) is 0.455. The second-order valence-corrected chi connectivity index (χ2v) is 10.7. The van der Waals surface area contributed by atoms with Gasteiger partial charge >= 0.3 is 15.0 Å². The highest BCUT2D eigenvalue weighted by Crippen LogP contribution is 2.34. The fourth-order valence-corrected chi connectivity index (χ4v) is 6.26. The van der Waals surface area contributed by atoms with Crippen molar-refractivity contribution in [2.45, 2.75) is 49.8 Å². The zero-order valence-corrected chi connectivity index (χ0v) is 19.6. The first-order chi connectivity index (χ1) is 16.1. The van der Waals surface area contributed by atoms with Crippen molar-refractivity contribution in [2.24, 2.45) is 5.92 Å². The molecule has 12 heteroatoms. The third-order valence-corrected chi connectivity index (χ3v) is 7.94. The quantitative estimate of drug-likeness (QED) is 0.434. The van der Waals surface area contributed by atoms with Crippen LogP contribution in [0.1, 0.15) is 37.2 Å². The maximum Gasteiger partial charge on any atom is 0.323 e. The molecule has 4 rings (SSSR count). The zero-order valence-electron chi connectivity index (χ0n) is 18.8. The highest BCUT2D eigenvalue weighted by Gasteiger charge is 2.55. The first-order valence-electron chi connectivity index (χ1n) is 11.0. The lowest BCUT2D eigenvalue weighted by Gasteiger charge is -2.28. The third-order valence-electron chi connectivity index (χ3n) is 6.08. The van der Waals surface area contributed by atoms with Gasteiger partial charge in [0.1, 0.15) is 12.1 Å². The van der Waals surface area contributed by atoms with Gasteiger partial charge in [-0.05, 0) is 37.0 Å². The predicted octanol–water partition coefficient (Wildman–Crippen LogP) is 0.301. The third kappa shape index (κ3) is 4.30. The maximum atomic E-state index is 13.5. The Kier molecular flexibility index (Phi) is 6.45. The van der Waals surface area contributed by atoms with E-state index in [1.165, 1.54) is 35.4 Å². The summed E-state index contributed by atoms with van der Waals surface area (Å²) in [6.45, 7) is 3.53. The largest absolute Gasteiger partial charge is 0.618 e. The van der Waals surface area contributed by atoms with E-state index in [0.29, 0.717) is 6.42 Å². The Morgan fingerprint density at radius 1 is 1.26 bits per heavy atom. The van der Waals surface area contributed by atoms with Crippen LogP contribution in [0, 0.1) is 11.1 Å². The Morgan fingerprint density at radius 3 is 2.68 bits per heavy atom. The molecule has 2 aliphatic heterocycles. The number of hydrogen-bond donors (Lipinski definition) is 1. The number of amides is 2. The minimum Gasteiger partial charge on any atom is -0.618 e. The summed E-state index contributed by atoms with van der Waals surface area (Å²) in [5, 5.41) is 14.3. The molecule has 2 aromatic heterocycles. The van der Waals surface area contributed by atoms with Crippen molar-refractivity contribution in [1.29, 1.82) is 0 Å². The number of carbonyl (C=O) groups excluding carboxylic acids is 3. The molecule has 0 aliphatic carbocycles. The molecule has 3 unspecified atom stereocenters. The van der Waals surface area contributed by atoms with Crippen LogP contribution in [0.15, 0.2) is 52.2 Å². The molecule has 3 atom stereocenters. The van der Waals surface area contributed by atoms with Crippen molar-refractivity contribution < 1.29 is 31.9 Å². The van der Waals surface area contributed by atoms with Gasteiger partial charge in [0, 0.05) is 18.7 Å². The number of Topliss-reactive ketones (excluding diaryl/α,β-unsaturated/α-hetero) is 1. The molecule has 2 aromatic rings. The van der Waals surface area contributed by atoms with Gasteiger partial charge in [0.25, 0.3) is 5.91 Å². The van der Waals surface area contributed by atoms with Crippen LogP contribution in [-0.2, 0) is 19.6 Å². The van der Waals surface area contributed by atoms with Gasteiger partial charge in [-0.3, -0.25) is 14.4 Å². The van der Waals surface area contributed by atoms with E-state index in [0.717, 1.165) is 10.5 Å². The molecular formula is C22H26N4O7S. The molecule has 2 saturated heterocycles. The fourth-order valence-electron chi connectivity index (χ4n) is 4.60. The van der Waals surface area contributed by atoms with E-state index < -0.39 is 57.3 Å². The van der Waals surface area contributed by atoms with Crippen LogP contribution in [0.4, 0.5) is 0 Å². The highest BCUT2D eigenvalue weighted by atomic mass is 32.2. The number of fused-ring (bicyclic) bond motifs is 1. The number of furan rings is 1. The SMILES string of the molecule is CC(C)CC(NC(=O)c1ccco1)C(=O)N1CCC2C1C(=O)CN2S(=O)(=O)c1cccc[n+]1[O-]. The minimum atomic E-state index is -4.25. The topological polar surface area (TPSA) is 144 Å². The first-order valence-corrected chi connectivity index (χ1v) is 12.4. The Balaban J connectivity index is 1.57. The minimum absolute atomic E-state index is 0.0591. The monoisotopic (exact) mass is 490 g/mol. The normalized spacial score (nSPS) is 21.6. The maximum absolute atomic E-state index is 13.5. The number of ketones is 1. The lowest BCUT2D eigenvalue weighted by atomic mass is 10.0. The molecule has 182 valence electrons. The van der Waals surface area contributed by atoms with Crippen LogP contribution in [0.3, 0.4) is 0 Å². The summed E-state index contributed by atoms with van der Waals surface area (Å²) in [6.07, 6.45) is 3.00. The van der Waals surface area contributed by atoms with E-state index in [-0.39, 0.29) is 29.4 Å². The summed E-state index contributed by atoms with van der Waals surface area (Å²) in [6, 6.07) is 4.40. The van der Waals surface area contributed by atoms with Crippen molar-refractivity contribution in [3.8, 4) is 0 Å². The molecule has 0 aromatic carbocycles. The lowest BCUT2D eigenvalue weighted by molar-refractivity contribution is -0.646. The smallest absolute Gasteiger partial charge is 0.323 e. The number of rotatable bonds is 7. The second-order valence-electron chi connectivity index (χ2n) is 8.85. The average Bonchev–Trinajstić information content (AvgIpc) is 3.51. The second kappa shape index (κ2) is 9.18. The summed E-state index contributed by atoms with van der Waals surface area (Å²) >= 11 is 0. The van der Waals surface area contributed by atoms with Crippen LogP contribution >= 0.6 is 0 Å². The van der Waals surface area contributed by atoms with Gasteiger partial charge in [-0.1, -0.05) is 13.8 Å². The van der Waals surface area contributed by atoms with Gasteiger partial charge < -0.3 is 19.8 Å². The molecule has 34 heavy (non-hydrogen) atoms. The summed E-state index contributed by atoms with van der Waals surface area (Å²) in [7, 11) is -4.25. The molecule has 2 aliphatic rings. The van der Waals surface area contributed by atoms with Crippen molar-refractivity contribution in [3.63, 3.8) is 0 Å². The Hall–Kier alpha value is -3.25. The standard InChI is InChI=1S/C22H26N4O7S/c1-14(2)12-15(23-21(28)18-6-5-11-33-18)22(29)24-10-8-16-20(24)17(27)13-26(16)34(31,32)19-7-3-4-9-25(19)30/h3-7,9,11,14-16,20H,8,10,12-13H2,1-2H3,(H,23,28). The molecule has 2 fully saturated rings. The summed E-state index contributed by atoms with van der Waals surface area (Å²) in [5.74, 6) is -1.30. The number of aromatic nitrogens is 1. The van der Waals surface area contributed by atoms with Crippen LogP contribution in [0.25, 0.3) is 0 Å². The number of carbonyl (C=O) groups is 3. The van der Waals surface area contributed by atoms with Gasteiger partial charge in [-0.25, -0.2) is 8.42 Å². The van der Waals surface area contributed by atoms with Crippen molar-refractivity contribution in [1.82, 2.24) is 14.5 Å². The first kappa shape index (κ1) is 23.9. The van der Waals surface area contributed by atoms with E-state index in [2.05, 4.69) is 5.32 Å². The van der Waals surface area contributed by atoms with E-state index in [4.69, 9.17) is 4.42 Å². The van der Waals surface area contributed by atoms with E-state index >= 15 is 0 Å². The molecular weight excluding hydrogens is 464 g/mol. The summed E-state index contributed by atoms with van der Waals surface area (Å²) < 4.78 is 32.7. The molecule has 0 radical (unpaired) electrons. The molecule has 0 spiro atoms. The number of likely N-dealkylation sites (tertiary alicyclic amines) is 1. The molecule has 2 amide bonds. The van der Waals surface area contributed by atoms with Gasteiger partial charge in [0.2, 0.25) is 5.91 Å². The average molecular weight is 491 g/mol.